The van der Waals surface area contributed by atoms with Crippen LogP contribution in [-0.2, 0) is 6.16 Å². The molecule has 0 N–H and O–H groups in total. The molecular formula is C24H23ClNOP. The number of aryl methyl sites for hydroxylation is 2. The summed E-state index contributed by atoms with van der Waals surface area (Å²) < 4.78 is 5.52. The van der Waals surface area contributed by atoms with Crippen LogP contribution in [-0.4, -0.2) is 5.16 Å². The molecule has 0 saturated heterocycles. The van der Waals surface area contributed by atoms with Crippen LogP contribution in [0.3, 0.4) is 0 Å². The minimum absolute atomic E-state index is 0. The van der Waals surface area contributed by atoms with Crippen LogP contribution in [0.15, 0.2) is 95.5 Å². The van der Waals surface area contributed by atoms with Gasteiger partial charge in [-0.2, -0.15) is 0 Å². The van der Waals surface area contributed by atoms with E-state index in [1.165, 1.54) is 21.5 Å². The van der Waals surface area contributed by atoms with Crippen LogP contribution in [0.4, 0.5) is 0 Å². The molecule has 4 aromatic rings. The molecule has 1 heterocycles. The predicted octanol–water partition coefficient (Wildman–Crippen LogP) is 1.79. The topological polar surface area (TPSA) is 26.0 Å². The van der Waals surface area contributed by atoms with E-state index in [2.05, 4.69) is 96.2 Å². The Morgan fingerprint density at radius 1 is 0.679 bits per heavy atom. The van der Waals surface area contributed by atoms with E-state index in [0.717, 1.165) is 17.6 Å². The summed E-state index contributed by atoms with van der Waals surface area (Å²) in [6.07, 6.45) is 0.909. The van der Waals surface area contributed by atoms with Gasteiger partial charge in [-0.3, -0.25) is 0 Å². The summed E-state index contributed by atoms with van der Waals surface area (Å²) in [6, 6.07) is 32.7. The fraction of sp³-hybridized carbons (Fsp3) is 0.125. The van der Waals surface area contributed by atoms with Gasteiger partial charge in [-0.15, -0.1) is 0 Å². The van der Waals surface area contributed by atoms with E-state index in [-0.39, 0.29) is 12.4 Å². The molecule has 0 aliphatic rings. The monoisotopic (exact) mass is 407 g/mol. The van der Waals surface area contributed by atoms with Crippen molar-refractivity contribution < 1.29 is 16.9 Å². The Labute approximate surface area is 173 Å². The SMILES string of the molecule is Cc1noc(C)c1C[P+](c1ccccc1)(c1ccccc1)c1ccccc1.[Cl-]. The molecule has 0 bridgehead atoms. The van der Waals surface area contributed by atoms with Gasteiger partial charge >= 0.3 is 0 Å². The van der Waals surface area contributed by atoms with Crippen LogP contribution in [0, 0.1) is 13.8 Å². The largest absolute Gasteiger partial charge is 1.00 e. The molecule has 4 rings (SSSR count). The third-order valence-corrected chi connectivity index (χ3v) is 9.50. The van der Waals surface area contributed by atoms with Gasteiger partial charge in [0.2, 0.25) is 0 Å². The molecule has 0 fully saturated rings. The smallest absolute Gasteiger partial charge is 0.140 e. The van der Waals surface area contributed by atoms with E-state index in [1.54, 1.807) is 0 Å². The molecule has 0 amide bonds. The zero-order chi connectivity index (χ0) is 18.7. The van der Waals surface area contributed by atoms with Gasteiger partial charge in [0, 0.05) is 0 Å². The molecule has 0 radical (unpaired) electrons. The molecule has 0 aliphatic heterocycles. The van der Waals surface area contributed by atoms with Crippen molar-refractivity contribution in [2.75, 3.05) is 0 Å². The summed E-state index contributed by atoms with van der Waals surface area (Å²) in [5, 5.41) is 8.36. The van der Waals surface area contributed by atoms with Gasteiger partial charge in [0.05, 0.1) is 11.3 Å². The summed E-state index contributed by atoms with van der Waals surface area (Å²) in [7, 11) is -1.90. The van der Waals surface area contributed by atoms with Crippen molar-refractivity contribution >= 4 is 23.2 Å². The fourth-order valence-electron chi connectivity index (χ4n) is 3.73. The Morgan fingerprint density at radius 3 is 1.39 bits per heavy atom. The highest BCUT2D eigenvalue weighted by molar-refractivity contribution is 7.95. The first-order valence-corrected chi connectivity index (χ1v) is 11.2. The Hall–Kier alpha value is -2.41. The van der Waals surface area contributed by atoms with Crippen LogP contribution in [0.1, 0.15) is 17.0 Å². The third-order valence-electron chi connectivity index (χ3n) is 5.17. The van der Waals surface area contributed by atoms with Crippen molar-refractivity contribution in [3.8, 4) is 0 Å². The van der Waals surface area contributed by atoms with Crippen molar-refractivity contribution in [3.05, 3.63) is 108 Å². The molecule has 4 heteroatoms. The number of aromatic nitrogens is 1. The van der Waals surface area contributed by atoms with Crippen molar-refractivity contribution in [1.29, 1.82) is 0 Å². The van der Waals surface area contributed by atoms with E-state index >= 15 is 0 Å². The van der Waals surface area contributed by atoms with Crippen molar-refractivity contribution in [3.63, 3.8) is 0 Å². The van der Waals surface area contributed by atoms with Crippen LogP contribution in [0.5, 0.6) is 0 Å². The standard InChI is InChI=1S/C24H23NOP.ClH/c1-19-24(20(2)26-25-19)18-27(21-12-6-3-7-13-21,22-14-8-4-9-15-22)23-16-10-5-11-17-23;/h3-17H,18H2,1-2H3;1H/q+1;/p-1. The average Bonchev–Trinajstić information content (AvgIpc) is 3.05. The van der Waals surface area contributed by atoms with Crippen LogP contribution in [0.25, 0.3) is 0 Å². The van der Waals surface area contributed by atoms with Gasteiger partial charge in [-0.05, 0) is 50.2 Å². The van der Waals surface area contributed by atoms with E-state index in [0.29, 0.717) is 0 Å². The van der Waals surface area contributed by atoms with E-state index < -0.39 is 7.26 Å². The van der Waals surface area contributed by atoms with Crippen molar-refractivity contribution in [2.45, 2.75) is 20.0 Å². The minimum atomic E-state index is -1.90. The van der Waals surface area contributed by atoms with Crippen LogP contribution in [0.2, 0.25) is 0 Å². The normalized spacial score (nSPS) is 11.1. The van der Waals surface area contributed by atoms with E-state index in [9.17, 15) is 0 Å². The first-order chi connectivity index (χ1) is 13.2. The van der Waals surface area contributed by atoms with E-state index in [1.807, 2.05) is 13.8 Å². The fourth-order valence-corrected chi connectivity index (χ4v) is 8.14. The Morgan fingerprint density at radius 2 is 1.07 bits per heavy atom. The Balaban J connectivity index is 0.00000225. The summed E-state index contributed by atoms with van der Waals surface area (Å²) in [5.74, 6) is 0.916. The quantitative estimate of drug-likeness (QED) is 0.471. The van der Waals surface area contributed by atoms with Gasteiger partial charge in [0.25, 0.3) is 0 Å². The molecule has 3 aromatic carbocycles. The summed E-state index contributed by atoms with van der Waals surface area (Å²) >= 11 is 0. The molecule has 28 heavy (non-hydrogen) atoms. The van der Waals surface area contributed by atoms with E-state index in [4.69, 9.17) is 4.52 Å². The number of hydrogen-bond donors (Lipinski definition) is 0. The van der Waals surface area contributed by atoms with Gasteiger partial charge < -0.3 is 16.9 Å². The second-order valence-corrected chi connectivity index (χ2v) is 10.3. The van der Waals surface area contributed by atoms with Gasteiger partial charge in [0.15, 0.2) is 0 Å². The number of rotatable bonds is 5. The lowest BCUT2D eigenvalue weighted by atomic mass is 10.2. The molecule has 0 saturated carbocycles. The predicted molar refractivity (Wildman–Crippen MR) is 115 cm³/mol. The number of halogens is 1. The highest BCUT2D eigenvalue weighted by Gasteiger charge is 2.46. The molecule has 0 atom stereocenters. The lowest BCUT2D eigenvalue weighted by Crippen LogP contribution is -3.00. The summed E-state index contributed by atoms with van der Waals surface area (Å²) in [6.45, 7) is 4.06. The highest BCUT2D eigenvalue weighted by atomic mass is 35.5. The molecule has 1 aromatic heterocycles. The zero-order valence-corrected chi connectivity index (χ0v) is 17.7. The summed E-state index contributed by atoms with van der Waals surface area (Å²) in [4.78, 5) is 0. The van der Waals surface area contributed by atoms with Gasteiger partial charge in [0.1, 0.15) is 35.1 Å². The lowest BCUT2D eigenvalue weighted by molar-refractivity contribution is -0.00000588. The third kappa shape index (κ3) is 3.63. The maximum Gasteiger partial charge on any atom is 0.140 e. The van der Waals surface area contributed by atoms with Crippen LogP contribution >= 0.6 is 7.26 Å². The second-order valence-electron chi connectivity index (χ2n) is 6.78. The Kier molecular flexibility index (Phi) is 6.34. The Bertz CT molecular complexity index is 900. The van der Waals surface area contributed by atoms with Crippen LogP contribution < -0.4 is 28.3 Å². The van der Waals surface area contributed by atoms with Gasteiger partial charge in [-0.25, -0.2) is 0 Å². The zero-order valence-electron chi connectivity index (χ0n) is 16.0. The highest BCUT2D eigenvalue weighted by Crippen LogP contribution is 2.58. The minimum Gasteiger partial charge on any atom is -1.00 e. The van der Waals surface area contributed by atoms with Crippen molar-refractivity contribution in [2.24, 2.45) is 0 Å². The first kappa shape index (κ1) is 20.3. The molecule has 0 aliphatic carbocycles. The number of nitrogens with zero attached hydrogens (tertiary/aromatic N) is 1. The maximum atomic E-state index is 5.52. The second kappa shape index (κ2) is 8.73. The maximum absolute atomic E-state index is 5.52. The van der Waals surface area contributed by atoms with Gasteiger partial charge in [-0.1, -0.05) is 59.8 Å². The number of benzene rings is 3. The molecule has 2 nitrogen and oxygen atoms in total. The molecule has 0 spiro atoms. The lowest BCUT2D eigenvalue weighted by Gasteiger charge is -2.27. The molecular weight excluding hydrogens is 385 g/mol. The first-order valence-electron chi connectivity index (χ1n) is 9.18. The molecule has 0 unspecified atom stereocenters. The number of hydrogen-bond acceptors (Lipinski definition) is 2. The van der Waals surface area contributed by atoms with Crippen molar-refractivity contribution in [1.82, 2.24) is 5.16 Å². The average molecular weight is 408 g/mol. The summed E-state index contributed by atoms with van der Waals surface area (Å²) in [5.41, 5.74) is 2.21. The molecule has 142 valence electrons.